The first kappa shape index (κ1) is 13.1. The minimum atomic E-state index is 0.0107. The van der Waals surface area contributed by atoms with E-state index in [1.165, 1.54) is 12.8 Å². The second-order valence-corrected chi connectivity index (χ2v) is 6.67. The van der Waals surface area contributed by atoms with Gasteiger partial charge in [0.05, 0.1) is 0 Å². The molecule has 2 aliphatic heterocycles. The topological polar surface area (TPSA) is 54.3 Å². The lowest BCUT2D eigenvalue weighted by molar-refractivity contribution is 0.0931. The van der Waals surface area contributed by atoms with Crippen LogP contribution in [0.15, 0.2) is 46.9 Å². The van der Waals surface area contributed by atoms with Crippen molar-refractivity contribution in [2.75, 3.05) is 0 Å². The summed E-state index contributed by atoms with van der Waals surface area (Å²) in [5.74, 6) is 0.0107. The Labute approximate surface area is 133 Å². The van der Waals surface area contributed by atoms with Gasteiger partial charge in [-0.25, -0.2) is 0 Å². The SMILES string of the molecule is O=C(N[C@@H]1C[C@H]2CC[C@@H]1N2)c1ccc2oc3ccccc3c2c1. The predicted octanol–water partition coefficient (Wildman–Crippen LogP) is 3.21. The lowest BCUT2D eigenvalue weighted by Crippen LogP contribution is -2.42. The molecule has 5 rings (SSSR count). The van der Waals surface area contributed by atoms with Crippen LogP contribution in [-0.4, -0.2) is 24.0 Å². The Morgan fingerprint density at radius 1 is 1.09 bits per heavy atom. The van der Waals surface area contributed by atoms with Gasteiger partial charge in [-0.15, -0.1) is 0 Å². The first-order valence-electron chi connectivity index (χ1n) is 8.26. The van der Waals surface area contributed by atoms with Crippen LogP contribution in [0.4, 0.5) is 0 Å². The lowest BCUT2D eigenvalue weighted by atomic mass is 9.95. The quantitative estimate of drug-likeness (QED) is 0.764. The highest BCUT2D eigenvalue weighted by Gasteiger charge is 2.39. The van der Waals surface area contributed by atoms with Gasteiger partial charge in [0.1, 0.15) is 11.2 Å². The van der Waals surface area contributed by atoms with Crippen LogP contribution in [-0.2, 0) is 0 Å². The molecule has 0 aliphatic carbocycles. The minimum Gasteiger partial charge on any atom is -0.456 e. The van der Waals surface area contributed by atoms with Gasteiger partial charge in [0.2, 0.25) is 0 Å². The zero-order chi connectivity index (χ0) is 15.4. The molecule has 4 nitrogen and oxygen atoms in total. The summed E-state index contributed by atoms with van der Waals surface area (Å²) in [7, 11) is 0. The van der Waals surface area contributed by atoms with Crippen LogP contribution in [0.5, 0.6) is 0 Å². The Hall–Kier alpha value is -2.33. The summed E-state index contributed by atoms with van der Waals surface area (Å²) >= 11 is 0. The highest BCUT2D eigenvalue weighted by molar-refractivity contribution is 6.08. The number of rotatable bonds is 2. The van der Waals surface area contributed by atoms with Crippen molar-refractivity contribution in [1.82, 2.24) is 10.6 Å². The van der Waals surface area contributed by atoms with Crippen LogP contribution in [0.1, 0.15) is 29.6 Å². The number of furan rings is 1. The Morgan fingerprint density at radius 2 is 1.96 bits per heavy atom. The first-order valence-corrected chi connectivity index (χ1v) is 8.26. The van der Waals surface area contributed by atoms with Crippen molar-refractivity contribution in [1.29, 1.82) is 0 Å². The molecule has 2 N–H and O–H groups in total. The molecular weight excluding hydrogens is 288 g/mol. The molecule has 4 heteroatoms. The number of carbonyl (C=O) groups excluding carboxylic acids is 1. The summed E-state index contributed by atoms with van der Waals surface area (Å²) in [5.41, 5.74) is 2.38. The number of fused-ring (bicyclic) bond motifs is 5. The standard InChI is InChI=1S/C19H18N2O2/c22-19(21-16-10-12-6-7-15(16)20-12)11-5-8-18-14(9-11)13-3-1-2-4-17(13)23-18/h1-5,8-9,12,15-16,20H,6-7,10H2,(H,21,22)/t12-,15+,16-/m1/s1. The molecule has 1 amide bonds. The predicted molar refractivity (Wildman–Crippen MR) is 89.5 cm³/mol. The van der Waals surface area contributed by atoms with Crippen molar-refractivity contribution >= 4 is 27.8 Å². The van der Waals surface area contributed by atoms with Crippen LogP contribution in [0.3, 0.4) is 0 Å². The maximum atomic E-state index is 12.6. The van der Waals surface area contributed by atoms with E-state index in [0.717, 1.165) is 28.4 Å². The molecule has 2 bridgehead atoms. The van der Waals surface area contributed by atoms with Gasteiger partial charge in [-0.3, -0.25) is 4.79 Å². The molecule has 3 atom stereocenters. The molecule has 0 spiro atoms. The van der Waals surface area contributed by atoms with E-state index in [1.807, 2.05) is 42.5 Å². The molecular formula is C19H18N2O2. The van der Waals surface area contributed by atoms with Gasteiger partial charge < -0.3 is 15.1 Å². The molecule has 116 valence electrons. The summed E-state index contributed by atoms with van der Waals surface area (Å²) in [6.45, 7) is 0. The van der Waals surface area contributed by atoms with Crippen LogP contribution in [0, 0.1) is 0 Å². The maximum absolute atomic E-state index is 12.6. The van der Waals surface area contributed by atoms with Crippen molar-refractivity contribution in [2.45, 2.75) is 37.4 Å². The third kappa shape index (κ3) is 2.05. The van der Waals surface area contributed by atoms with Crippen LogP contribution in [0.25, 0.3) is 21.9 Å². The van der Waals surface area contributed by atoms with Gasteiger partial charge in [-0.2, -0.15) is 0 Å². The fourth-order valence-electron chi connectivity index (χ4n) is 4.10. The van der Waals surface area contributed by atoms with Gasteiger partial charge in [0, 0.05) is 34.5 Å². The second kappa shape index (κ2) is 4.83. The molecule has 23 heavy (non-hydrogen) atoms. The van der Waals surface area contributed by atoms with Crippen molar-refractivity contribution in [3.8, 4) is 0 Å². The minimum absolute atomic E-state index is 0.0107. The molecule has 3 heterocycles. The van der Waals surface area contributed by atoms with Crippen LogP contribution >= 0.6 is 0 Å². The van der Waals surface area contributed by atoms with E-state index in [1.54, 1.807) is 0 Å². The Balaban J connectivity index is 1.47. The van der Waals surface area contributed by atoms with E-state index >= 15 is 0 Å². The highest BCUT2D eigenvalue weighted by Crippen LogP contribution is 2.30. The lowest BCUT2D eigenvalue weighted by Gasteiger charge is -2.21. The number of carbonyl (C=O) groups is 1. The monoisotopic (exact) mass is 306 g/mol. The summed E-state index contributed by atoms with van der Waals surface area (Å²) < 4.78 is 5.82. The van der Waals surface area contributed by atoms with E-state index in [2.05, 4.69) is 10.6 Å². The first-order chi connectivity index (χ1) is 11.3. The summed E-state index contributed by atoms with van der Waals surface area (Å²) in [4.78, 5) is 12.6. The average molecular weight is 306 g/mol. The van der Waals surface area contributed by atoms with E-state index in [4.69, 9.17) is 4.42 Å². The maximum Gasteiger partial charge on any atom is 0.251 e. The van der Waals surface area contributed by atoms with Crippen LogP contribution in [0.2, 0.25) is 0 Å². The van der Waals surface area contributed by atoms with Crippen molar-refractivity contribution < 1.29 is 9.21 Å². The van der Waals surface area contributed by atoms with Gasteiger partial charge in [-0.1, -0.05) is 18.2 Å². The number of hydrogen-bond acceptors (Lipinski definition) is 3. The number of benzene rings is 2. The number of para-hydroxylation sites is 1. The fraction of sp³-hybridized carbons (Fsp3) is 0.316. The van der Waals surface area contributed by atoms with Crippen LogP contribution < -0.4 is 10.6 Å². The molecule has 2 aliphatic rings. The molecule has 0 unspecified atom stereocenters. The summed E-state index contributed by atoms with van der Waals surface area (Å²) in [5, 5.41) is 8.81. The molecule has 0 saturated carbocycles. The Kier molecular flexibility index (Phi) is 2.76. The number of amides is 1. The largest absolute Gasteiger partial charge is 0.456 e. The van der Waals surface area contributed by atoms with E-state index in [9.17, 15) is 4.79 Å². The highest BCUT2D eigenvalue weighted by atomic mass is 16.3. The summed E-state index contributed by atoms with van der Waals surface area (Å²) in [6, 6.07) is 14.9. The number of nitrogens with one attached hydrogen (secondary N) is 2. The fourth-order valence-corrected chi connectivity index (χ4v) is 4.10. The summed E-state index contributed by atoms with van der Waals surface area (Å²) in [6.07, 6.45) is 3.46. The zero-order valence-electron chi connectivity index (χ0n) is 12.7. The average Bonchev–Trinajstić information content (AvgIpc) is 3.27. The van der Waals surface area contributed by atoms with Crippen molar-refractivity contribution in [3.05, 3.63) is 48.0 Å². The molecule has 2 aromatic carbocycles. The second-order valence-electron chi connectivity index (χ2n) is 6.67. The molecule has 0 radical (unpaired) electrons. The van der Waals surface area contributed by atoms with Crippen molar-refractivity contribution in [3.63, 3.8) is 0 Å². The molecule has 2 fully saturated rings. The third-order valence-electron chi connectivity index (χ3n) is 5.26. The van der Waals surface area contributed by atoms with Crippen molar-refractivity contribution in [2.24, 2.45) is 0 Å². The zero-order valence-corrected chi connectivity index (χ0v) is 12.7. The van der Waals surface area contributed by atoms with Gasteiger partial charge >= 0.3 is 0 Å². The molecule has 2 saturated heterocycles. The van der Waals surface area contributed by atoms with Gasteiger partial charge in [-0.05, 0) is 43.5 Å². The number of hydrogen-bond donors (Lipinski definition) is 2. The smallest absolute Gasteiger partial charge is 0.251 e. The molecule has 1 aromatic heterocycles. The Morgan fingerprint density at radius 3 is 2.78 bits per heavy atom. The van der Waals surface area contributed by atoms with E-state index in [-0.39, 0.29) is 11.9 Å². The van der Waals surface area contributed by atoms with Gasteiger partial charge in [0.25, 0.3) is 5.91 Å². The van der Waals surface area contributed by atoms with E-state index < -0.39 is 0 Å². The third-order valence-corrected chi connectivity index (χ3v) is 5.26. The Bertz CT molecular complexity index is 914. The molecule has 3 aromatic rings. The van der Waals surface area contributed by atoms with E-state index in [0.29, 0.717) is 17.6 Å². The van der Waals surface area contributed by atoms with Gasteiger partial charge in [0.15, 0.2) is 0 Å². The normalized spacial score (nSPS) is 26.2.